The molecule has 5 atom stereocenters. The monoisotopic (exact) mass is 323 g/mol. The van der Waals surface area contributed by atoms with Crippen LogP contribution in [0.4, 0.5) is 0 Å². The lowest BCUT2D eigenvalue weighted by molar-refractivity contribution is -0.217. The van der Waals surface area contributed by atoms with Crippen LogP contribution in [0, 0.1) is 5.92 Å². The first-order chi connectivity index (χ1) is 9.71. The normalized spacial score (nSPS) is 37.2. The van der Waals surface area contributed by atoms with Gasteiger partial charge in [-0.1, -0.05) is 0 Å². The highest BCUT2D eigenvalue weighted by atomic mass is 32.2. The number of nitrogens with one attached hydrogen (secondary N) is 1. The van der Waals surface area contributed by atoms with E-state index >= 15 is 0 Å². The van der Waals surface area contributed by atoms with E-state index in [0.717, 1.165) is 0 Å². The van der Waals surface area contributed by atoms with Crippen LogP contribution in [-0.2, 0) is 19.6 Å². The summed E-state index contributed by atoms with van der Waals surface area (Å²) in [6.07, 6.45) is -4.28. The average Bonchev–Trinajstić information content (AvgIpc) is 3.23. The number of carbonyl (C=O) groups excluding carboxylic acids is 1. The molecular formula is C12H21NO7S. The van der Waals surface area contributed by atoms with Crippen molar-refractivity contribution < 1.29 is 33.3 Å². The summed E-state index contributed by atoms with van der Waals surface area (Å²) in [6, 6.07) is 0. The van der Waals surface area contributed by atoms with E-state index in [-0.39, 0.29) is 12.3 Å². The fourth-order valence-electron chi connectivity index (χ4n) is 2.28. The summed E-state index contributed by atoms with van der Waals surface area (Å²) in [4.78, 5) is 11.4. The second-order valence-corrected chi connectivity index (χ2v) is 7.54. The Hall–Kier alpha value is -0.740. The third-order valence-corrected chi connectivity index (χ3v) is 5.11. The Balaban J connectivity index is 1.87. The number of carbonyl (C=O) groups is 1. The van der Waals surface area contributed by atoms with Crippen LogP contribution in [0.15, 0.2) is 0 Å². The molecule has 1 aliphatic carbocycles. The van der Waals surface area contributed by atoms with Crippen LogP contribution in [-0.4, -0.2) is 65.9 Å². The third-order valence-electron chi connectivity index (χ3n) is 3.83. The van der Waals surface area contributed by atoms with Gasteiger partial charge in [-0.2, -0.15) is 0 Å². The first-order valence-electron chi connectivity index (χ1n) is 6.95. The zero-order valence-electron chi connectivity index (χ0n) is 11.7. The van der Waals surface area contributed by atoms with E-state index in [0.29, 0.717) is 12.8 Å². The van der Waals surface area contributed by atoms with Crippen LogP contribution in [0.5, 0.6) is 0 Å². The zero-order chi connectivity index (χ0) is 15.8. The van der Waals surface area contributed by atoms with Crippen molar-refractivity contribution in [3.8, 4) is 0 Å². The number of amides is 1. The van der Waals surface area contributed by atoms with Crippen molar-refractivity contribution in [3.05, 3.63) is 0 Å². The summed E-state index contributed by atoms with van der Waals surface area (Å²) in [5.41, 5.74) is 0. The van der Waals surface area contributed by atoms with Gasteiger partial charge in [-0.3, -0.25) is 9.52 Å². The third kappa shape index (κ3) is 4.13. The molecular weight excluding hydrogens is 302 g/mol. The molecule has 0 aromatic heterocycles. The molecule has 2 aliphatic rings. The Kier molecular flexibility index (Phi) is 4.89. The van der Waals surface area contributed by atoms with E-state index in [4.69, 9.17) is 4.74 Å². The van der Waals surface area contributed by atoms with Crippen LogP contribution in [0.1, 0.15) is 26.2 Å². The Labute approximate surface area is 123 Å². The van der Waals surface area contributed by atoms with Crippen LogP contribution < -0.4 is 4.72 Å². The number of rotatable bonds is 5. The molecule has 122 valence electrons. The molecule has 0 aromatic rings. The maximum atomic E-state index is 11.8. The Morgan fingerprint density at radius 2 is 1.81 bits per heavy atom. The number of sulfonamides is 1. The van der Waals surface area contributed by atoms with Crippen molar-refractivity contribution in [2.75, 3.05) is 5.75 Å². The van der Waals surface area contributed by atoms with Gasteiger partial charge in [0, 0.05) is 5.92 Å². The van der Waals surface area contributed by atoms with Crippen molar-refractivity contribution in [1.82, 2.24) is 4.72 Å². The van der Waals surface area contributed by atoms with E-state index in [1.807, 2.05) is 4.72 Å². The lowest BCUT2D eigenvalue weighted by Crippen LogP contribution is -2.57. The SMILES string of the molecule is CC1OC(CCS(=O)(=O)NC(=O)C2CC2)[C@@H](O)[C@H](O)[C@@H]1O. The molecule has 1 amide bonds. The maximum absolute atomic E-state index is 11.8. The molecule has 0 spiro atoms. The molecule has 1 aliphatic heterocycles. The summed E-state index contributed by atoms with van der Waals surface area (Å²) in [5, 5.41) is 29.0. The minimum absolute atomic E-state index is 0.0808. The predicted molar refractivity (Wildman–Crippen MR) is 71.6 cm³/mol. The molecule has 8 nitrogen and oxygen atoms in total. The van der Waals surface area contributed by atoms with Crippen LogP contribution in [0.3, 0.4) is 0 Å². The van der Waals surface area contributed by atoms with Crippen molar-refractivity contribution in [1.29, 1.82) is 0 Å². The number of hydrogen-bond donors (Lipinski definition) is 4. The van der Waals surface area contributed by atoms with Crippen LogP contribution >= 0.6 is 0 Å². The highest BCUT2D eigenvalue weighted by molar-refractivity contribution is 7.90. The molecule has 1 saturated heterocycles. The lowest BCUT2D eigenvalue weighted by atomic mass is 9.94. The van der Waals surface area contributed by atoms with E-state index in [2.05, 4.69) is 0 Å². The molecule has 21 heavy (non-hydrogen) atoms. The fourth-order valence-corrected chi connectivity index (χ4v) is 3.40. The van der Waals surface area contributed by atoms with Gasteiger partial charge in [-0.15, -0.1) is 0 Å². The summed E-state index contributed by atoms with van der Waals surface area (Å²) >= 11 is 0. The topological polar surface area (TPSA) is 133 Å². The summed E-state index contributed by atoms with van der Waals surface area (Å²) in [7, 11) is -3.79. The summed E-state index contributed by atoms with van der Waals surface area (Å²) in [5.74, 6) is -1.11. The Bertz CT molecular complexity index is 490. The average molecular weight is 323 g/mol. The van der Waals surface area contributed by atoms with Gasteiger partial charge in [0.1, 0.15) is 18.3 Å². The molecule has 4 N–H and O–H groups in total. The molecule has 9 heteroatoms. The van der Waals surface area contributed by atoms with Crippen LogP contribution in [0.2, 0.25) is 0 Å². The minimum Gasteiger partial charge on any atom is -0.388 e. The van der Waals surface area contributed by atoms with Gasteiger partial charge in [0.2, 0.25) is 15.9 Å². The highest BCUT2D eigenvalue weighted by Gasteiger charge is 2.42. The molecule has 1 saturated carbocycles. The second kappa shape index (κ2) is 6.17. The zero-order valence-corrected chi connectivity index (χ0v) is 12.5. The van der Waals surface area contributed by atoms with E-state index in [1.54, 1.807) is 0 Å². The number of aliphatic hydroxyl groups excluding tert-OH is 3. The van der Waals surface area contributed by atoms with Gasteiger partial charge < -0.3 is 20.1 Å². The molecule has 2 unspecified atom stereocenters. The van der Waals surface area contributed by atoms with Gasteiger partial charge in [0.15, 0.2) is 0 Å². The number of aliphatic hydroxyl groups is 3. The Morgan fingerprint density at radius 3 is 2.38 bits per heavy atom. The standard InChI is InChI=1S/C12H21NO7S/c1-6-9(14)11(16)10(15)8(20-6)4-5-21(18,19)13-12(17)7-2-3-7/h6-11,14-16H,2-5H2,1H3,(H,13,17)/t6?,8?,9-,10-,11-/m1/s1. The van der Waals surface area contributed by atoms with E-state index in [9.17, 15) is 28.5 Å². The van der Waals surface area contributed by atoms with Gasteiger partial charge >= 0.3 is 0 Å². The molecule has 2 fully saturated rings. The molecule has 0 bridgehead atoms. The van der Waals surface area contributed by atoms with Crippen molar-refractivity contribution >= 4 is 15.9 Å². The van der Waals surface area contributed by atoms with Gasteiger partial charge in [-0.05, 0) is 26.2 Å². The molecule has 0 aromatic carbocycles. The summed E-state index contributed by atoms with van der Waals surface area (Å²) in [6.45, 7) is 1.52. The number of ether oxygens (including phenoxy) is 1. The highest BCUT2D eigenvalue weighted by Crippen LogP contribution is 2.29. The fraction of sp³-hybridized carbons (Fsp3) is 0.917. The van der Waals surface area contributed by atoms with Crippen molar-refractivity contribution in [2.24, 2.45) is 5.92 Å². The van der Waals surface area contributed by atoms with Crippen molar-refractivity contribution in [2.45, 2.75) is 56.7 Å². The first kappa shape index (κ1) is 16.6. The van der Waals surface area contributed by atoms with Crippen LogP contribution in [0.25, 0.3) is 0 Å². The summed E-state index contributed by atoms with van der Waals surface area (Å²) < 4.78 is 30.8. The Morgan fingerprint density at radius 1 is 1.19 bits per heavy atom. The van der Waals surface area contributed by atoms with Gasteiger partial charge in [0.05, 0.1) is 18.0 Å². The molecule has 2 rings (SSSR count). The lowest BCUT2D eigenvalue weighted by Gasteiger charge is -2.39. The minimum atomic E-state index is -3.79. The van der Waals surface area contributed by atoms with E-state index < -0.39 is 52.2 Å². The van der Waals surface area contributed by atoms with E-state index in [1.165, 1.54) is 6.92 Å². The smallest absolute Gasteiger partial charge is 0.236 e. The van der Waals surface area contributed by atoms with Gasteiger partial charge in [0.25, 0.3) is 0 Å². The first-order valence-corrected chi connectivity index (χ1v) is 8.60. The second-order valence-electron chi connectivity index (χ2n) is 5.70. The predicted octanol–water partition coefficient (Wildman–Crippen LogP) is -1.90. The van der Waals surface area contributed by atoms with Crippen molar-refractivity contribution in [3.63, 3.8) is 0 Å². The molecule has 1 heterocycles. The maximum Gasteiger partial charge on any atom is 0.236 e. The molecule has 0 radical (unpaired) electrons. The largest absolute Gasteiger partial charge is 0.388 e. The van der Waals surface area contributed by atoms with Gasteiger partial charge in [-0.25, -0.2) is 8.42 Å². The quantitative estimate of drug-likeness (QED) is 0.464. The number of hydrogen-bond acceptors (Lipinski definition) is 7.